The van der Waals surface area contributed by atoms with Gasteiger partial charge in [-0.15, -0.1) is 0 Å². The van der Waals surface area contributed by atoms with E-state index in [1.165, 1.54) is 70.6 Å². The molecule has 4 nitrogen and oxygen atoms in total. The average molecular weight is 521 g/mol. The summed E-state index contributed by atoms with van der Waals surface area (Å²) in [6, 6.07) is 0. The van der Waals surface area contributed by atoms with Gasteiger partial charge in [0.05, 0.1) is 13.2 Å². The van der Waals surface area contributed by atoms with Crippen LogP contribution >= 0.6 is 0 Å². The molecule has 0 amide bonds. The predicted molar refractivity (Wildman–Crippen MR) is 159 cm³/mol. The van der Waals surface area contributed by atoms with E-state index in [1.807, 2.05) is 0 Å². The Morgan fingerprint density at radius 3 is 1.84 bits per heavy atom. The third kappa shape index (κ3) is 29.0. The van der Waals surface area contributed by atoms with Crippen molar-refractivity contribution in [3.05, 3.63) is 36.5 Å². The zero-order chi connectivity index (χ0) is 27.1. The van der Waals surface area contributed by atoms with Gasteiger partial charge in [0.25, 0.3) is 0 Å². The fourth-order valence-corrected chi connectivity index (χ4v) is 4.16. The summed E-state index contributed by atoms with van der Waals surface area (Å²) in [4.78, 5) is 12.0. The maximum atomic E-state index is 12.0. The van der Waals surface area contributed by atoms with E-state index in [-0.39, 0.29) is 19.2 Å². The van der Waals surface area contributed by atoms with Crippen LogP contribution in [0.5, 0.6) is 0 Å². The molecule has 0 aliphatic heterocycles. The average Bonchev–Trinajstić information content (AvgIpc) is 2.90. The molecule has 0 spiro atoms. The number of carbonyl (C=O) groups excluding carboxylic acids is 1. The molecule has 0 saturated carbocycles. The monoisotopic (exact) mass is 520 g/mol. The number of esters is 1. The molecule has 4 heteroatoms. The first kappa shape index (κ1) is 35.6. The summed E-state index contributed by atoms with van der Waals surface area (Å²) < 4.78 is 11.0. The maximum absolute atomic E-state index is 12.0. The summed E-state index contributed by atoms with van der Waals surface area (Å²) in [5.41, 5.74) is 0. The number of rotatable bonds is 28. The first-order chi connectivity index (χ1) is 18.2. The summed E-state index contributed by atoms with van der Waals surface area (Å²) in [7, 11) is 0. The Kier molecular flexibility index (Phi) is 29.7. The Labute approximate surface area is 230 Å². The van der Waals surface area contributed by atoms with Gasteiger partial charge in [-0.1, -0.05) is 127 Å². The Bertz CT molecular complexity index is 553. The Hall–Kier alpha value is -1.39. The van der Waals surface area contributed by atoms with Crippen LogP contribution in [-0.2, 0) is 14.3 Å². The zero-order valence-electron chi connectivity index (χ0n) is 24.5. The summed E-state index contributed by atoms with van der Waals surface area (Å²) >= 11 is 0. The molecule has 216 valence electrons. The molecule has 1 unspecified atom stereocenters. The molecule has 1 atom stereocenters. The minimum atomic E-state index is -0.540. The molecular formula is C33H60O4. The van der Waals surface area contributed by atoms with E-state index in [9.17, 15) is 9.90 Å². The second kappa shape index (κ2) is 30.8. The van der Waals surface area contributed by atoms with Gasteiger partial charge in [-0.25, -0.2) is 0 Å². The zero-order valence-corrected chi connectivity index (χ0v) is 24.5. The lowest BCUT2D eigenvalue weighted by Gasteiger charge is -2.15. The van der Waals surface area contributed by atoms with E-state index in [0.717, 1.165) is 51.4 Å². The number of allylic oxidation sites excluding steroid dienone is 6. The Morgan fingerprint density at radius 2 is 1.22 bits per heavy atom. The number of ether oxygens (including phenoxy) is 2. The molecule has 0 aromatic carbocycles. The smallest absolute Gasteiger partial charge is 0.306 e. The Morgan fingerprint density at radius 1 is 0.676 bits per heavy atom. The Balaban J connectivity index is 3.51. The van der Waals surface area contributed by atoms with E-state index in [0.29, 0.717) is 13.0 Å². The second-order valence-electron chi connectivity index (χ2n) is 10.2. The normalized spacial score (nSPS) is 12.8. The first-order valence-electron chi connectivity index (χ1n) is 15.6. The van der Waals surface area contributed by atoms with Gasteiger partial charge in [-0.05, 0) is 44.9 Å². The topological polar surface area (TPSA) is 55.8 Å². The molecule has 0 radical (unpaired) electrons. The van der Waals surface area contributed by atoms with Crippen LogP contribution in [0.25, 0.3) is 0 Å². The van der Waals surface area contributed by atoms with E-state index in [2.05, 4.69) is 50.3 Å². The van der Waals surface area contributed by atoms with Crippen LogP contribution < -0.4 is 0 Å². The maximum Gasteiger partial charge on any atom is 0.306 e. The summed E-state index contributed by atoms with van der Waals surface area (Å²) in [6.45, 7) is 5.17. The second-order valence-corrected chi connectivity index (χ2v) is 10.2. The molecule has 0 fully saturated rings. The third-order valence-corrected chi connectivity index (χ3v) is 6.48. The molecule has 0 aliphatic carbocycles. The van der Waals surface area contributed by atoms with Gasteiger partial charge in [0.2, 0.25) is 0 Å². The van der Waals surface area contributed by atoms with E-state index in [4.69, 9.17) is 9.47 Å². The van der Waals surface area contributed by atoms with E-state index in [1.54, 1.807) is 0 Å². The molecule has 0 aromatic heterocycles. The van der Waals surface area contributed by atoms with Crippen molar-refractivity contribution in [2.45, 2.75) is 148 Å². The summed E-state index contributed by atoms with van der Waals surface area (Å²) in [5.74, 6) is -0.213. The number of hydrogen-bond donors (Lipinski definition) is 1. The van der Waals surface area contributed by atoms with Crippen molar-refractivity contribution >= 4 is 5.97 Å². The van der Waals surface area contributed by atoms with Crippen molar-refractivity contribution in [3.8, 4) is 0 Å². The van der Waals surface area contributed by atoms with Crippen molar-refractivity contribution < 1.29 is 19.4 Å². The highest BCUT2D eigenvalue weighted by atomic mass is 16.6. The van der Waals surface area contributed by atoms with Gasteiger partial charge in [-0.3, -0.25) is 4.79 Å². The van der Waals surface area contributed by atoms with Crippen LogP contribution in [0.4, 0.5) is 0 Å². The van der Waals surface area contributed by atoms with Crippen molar-refractivity contribution in [1.82, 2.24) is 0 Å². The van der Waals surface area contributed by atoms with Crippen molar-refractivity contribution in [1.29, 1.82) is 0 Å². The van der Waals surface area contributed by atoms with Crippen LogP contribution in [0.15, 0.2) is 36.5 Å². The van der Waals surface area contributed by atoms with Crippen molar-refractivity contribution in [3.63, 3.8) is 0 Å². The van der Waals surface area contributed by atoms with Gasteiger partial charge in [0, 0.05) is 13.0 Å². The number of hydrogen-bond acceptors (Lipinski definition) is 4. The molecule has 0 rings (SSSR count). The van der Waals surface area contributed by atoms with Crippen LogP contribution in [0.3, 0.4) is 0 Å². The first-order valence-corrected chi connectivity index (χ1v) is 15.6. The van der Waals surface area contributed by atoms with Crippen LogP contribution in [0.2, 0.25) is 0 Å². The van der Waals surface area contributed by atoms with Crippen molar-refractivity contribution in [2.75, 3.05) is 19.8 Å². The van der Waals surface area contributed by atoms with Gasteiger partial charge >= 0.3 is 5.97 Å². The van der Waals surface area contributed by atoms with Crippen molar-refractivity contribution in [2.24, 2.45) is 0 Å². The van der Waals surface area contributed by atoms with Gasteiger partial charge in [0.15, 0.2) is 0 Å². The van der Waals surface area contributed by atoms with Crippen LogP contribution in [0.1, 0.15) is 142 Å². The minimum absolute atomic E-state index is 0.180. The van der Waals surface area contributed by atoms with Gasteiger partial charge in [-0.2, -0.15) is 0 Å². The van der Waals surface area contributed by atoms with E-state index < -0.39 is 6.10 Å². The van der Waals surface area contributed by atoms with Crippen LogP contribution in [0, 0.1) is 0 Å². The van der Waals surface area contributed by atoms with E-state index >= 15 is 0 Å². The molecule has 0 aromatic rings. The molecule has 0 bridgehead atoms. The number of aliphatic hydroxyl groups is 1. The van der Waals surface area contributed by atoms with Crippen LogP contribution in [-0.4, -0.2) is 37.0 Å². The third-order valence-electron chi connectivity index (χ3n) is 6.48. The fraction of sp³-hybridized carbons (Fsp3) is 0.788. The highest BCUT2D eigenvalue weighted by Gasteiger charge is 2.13. The molecule has 0 aliphatic rings. The summed E-state index contributed by atoms with van der Waals surface area (Å²) in [5, 5.41) is 9.49. The minimum Gasteiger partial charge on any atom is -0.457 e. The highest BCUT2D eigenvalue weighted by Crippen LogP contribution is 2.12. The number of unbranched alkanes of at least 4 members (excludes halogenated alkanes) is 14. The lowest BCUT2D eigenvalue weighted by Crippen LogP contribution is -2.27. The molecule has 37 heavy (non-hydrogen) atoms. The molecular weight excluding hydrogens is 460 g/mol. The van der Waals surface area contributed by atoms with Gasteiger partial charge < -0.3 is 14.6 Å². The van der Waals surface area contributed by atoms with Gasteiger partial charge in [0.1, 0.15) is 6.10 Å². The number of aliphatic hydroxyl groups excluding tert-OH is 1. The molecule has 1 N–H and O–H groups in total. The largest absolute Gasteiger partial charge is 0.457 e. The predicted octanol–water partition coefficient (Wildman–Crippen LogP) is 9.42. The standard InChI is InChI=1S/C33H60O4/c1-3-5-7-9-11-13-15-16-17-19-21-23-25-27-29-36-31-32(30-34)37-33(35)28-26-24-22-20-18-14-12-10-8-6-4-2/h5,7,11,13,16-17,32,34H,3-4,6,8-10,12,14-15,18-31H2,1-2H3/b7-5-,13-11-,17-16-. The quantitative estimate of drug-likeness (QED) is 0.0634. The number of carbonyl (C=O) groups is 1. The lowest BCUT2D eigenvalue weighted by atomic mass is 10.1. The fourth-order valence-electron chi connectivity index (χ4n) is 4.16. The highest BCUT2D eigenvalue weighted by molar-refractivity contribution is 5.69. The SMILES string of the molecule is CC/C=C\C/C=C\C/C=C\CCCCCCOCC(CO)OC(=O)CCCCCCCCCCCCC. The summed E-state index contributed by atoms with van der Waals surface area (Å²) in [6.07, 6.45) is 36.0. The lowest BCUT2D eigenvalue weighted by molar-refractivity contribution is -0.154. The molecule has 0 heterocycles. The molecule has 0 saturated heterocycles.